The van der Waals surface area contributed by atoms with Gasteiger partial charge >= 0.3 is 0 Å². The summed E-state index contributed by atoms with van der Waals surface area (Å²) in [5, 5.41) is 2.28. The summed E-state index contributed by atoms with van der Waals surface area (Å²) in [6, 6.07) is 5.12. The van der Waals surface area contributed by atoms with Gasteiger partial charge in [0, 0.05) is 16.4 Å². The minimum Gasteiger partial charge on any atom is -0.304 e. The summed E-state index contributed by atoms with van der Waals surface area (Å²) in [5.74, 6) is 0.436. The van der Waals surface area contributed by atoms with Crippen LogP contribution >= 0.6 is 8.35 Å². The number of piperidine rings is 1. The summed E-state index contributed by atoms with van der Waals surface area (Å²) in [7, 11) is 0.409. The fourth-order valence-electron chi connectivity index (χ4n) is 2.85. The van der Waals surface area contributed by atoms with E-state index in [1.54, 1.807) is 12.1 Å². The Balaban J connectivity index is 1.87. The third-order valence-electron chi connectivity index (χ3n) is 3.98. The Morgan fingerprint density at radius 3 is 2.89 bits per heavy atom. The van der Waals surface area contributed by atoms with Gasteiger partial charge in [0.1, 0.15) is 5.82 Å². The molecule has 0 amide bonds. The molecule has 2 nitrogen and oxygen atoms in total. The Kier molecular flexibility index (Phi) is 3.36. The molecule has 2 heterocycles. The molecule has 18 heavy (non-hydrogen) atoms. The summed E-state index contributed by atoms with van der Waals surface area (Å²) >= 11 is 0. The van der Waals surface area contributed by atoms with E-state index in [0.29, 0.717) is 14.3 Å². The lowest BCUT2D eigenvalue weighted by molar-refractivity contribution is 0.222. The van der Waals surface area contributed by atoms with E-state index >= 15 is 0 Å². The highest BCUT2D eigenvalue weighted by molar-refractivity contribution is 7.32. The van der Waals surface area contributed by atoms with E-state index in [2.05, 4.69) is 16.6 Å². The van der Waals surface area contributed by atoms with Crippen molar-refractivity contribution in [2.75, 3.05) is 19.6 Å². The van der Waals surface area contributed by atoms with Crippen LogP contribution in [0, 0.1) is 5.82 Å². The number of likely N-dealkylation sites (tertiary alicyclic amines) is 1. The Morgan fingerprint density at radius 1 is 1.39 bits per heavy atom. The molecule has 4 heteroatoms. The van der Waals surface area contributed by atoms with Gasteiger partial charge in [-0.1, -0.05) is 6.92 Å². The summed E-state index contributed by atoms with van der Waals surface area (Å²) in [4.78, 5) is 2.49. The molecule has 1 aliphatic rings. The molecule has 1 saturated heterocycles. The van der Waals surface area contributed by atoms with Crippen LogP contribution in [0.4, 0.5) is 4.39 Å². The van der Waals surface area contributed by atoms with E-state index in [4.69, 9.17) is 0 Å². The zero-order valence-corrected chi connectivity index (χ0v) is 11.6. The lowest BCUT2D eigenvalue weighted by atomic mass is 9.92. The van der Waals surface area contributed by atoms with Crippen LogP contribution in [0.3, 0.4) is 0 Å². The highest BCUT2D eigenvalue weighted by atomic mass is 31.0. The molecule has 1 unspecified atom stereocenters. The van der Waals surface area contributed by atoms with Crippen molar-refractivity contribution in [1.82, 2.24) is 9.65 Å². The predicted molar refractivity (Wildman–Crippen MR) is 75.3 cm³/mol. The van der Waals surface area contributed by atoms with Crippen molar-refractivity contribution in [3.8, 4) is 0 Å². The maximum Gasteiger partial charge on any atom is 0.124 e. The van der Waals surface area contributed by atoms with Gasteiger partial charge in [0.05, 0.1) is 5.69 Å². The number of aromatic nitrogens is 1. The van der Waals surface area contributed by atoms with Crippen LogP contribution in [0.25, 0.3) is 10.5 Å². The van der Waals surface area contributed by atoms with E-state index < -0.39 is 0 Å². The van der Waals surface area contributed by atoms with E-state index in [0.717, 1.165) is 11.7 Å². The van der Waals surface area contributed by atoms with Crippen molar-refractivity contribution < 1.29 is 4.39 Å². The standard InChI is InChI=1S/C14H18FN2P/c1-2-17-7-5-10(6-8-17)14-12-4-3-11(15)9-13(12)18-16-14/h3-4,9-10,18H,2,5-8H2,1H3. The molecule has 2 aromatic rings. The van der Waals surface area contributed by atoms with Crippen molar-refractivity contribution in [3.05, 3.63) is 29.7 Å². The molecule has 0 bridgehead atoms. The van der Waals surface area contributed by atoms with Crippen molar-refractivity contribution in [1.29, 1.82) is 0 Å². The monoisotopic (exact) mass is 264 g/mol. The Morgan fingerprint density at radius 2 is 2.17 bits per heavy atom. The zero-order chi connectivity index (χ0) is 12.5. The second-order valence-electron chi connectivity index (χ2n) is 5.01. The zero-order valence-electron chi connectivity index (χ0n) is 10.6. The Bertz CT molecular complexity index is 544. The maximum atomic E-state index is 13.2. The topological polar surface area (TPSA) is 16.1 Å². The molecule has 0 spiro atoms. The molecule has 1 aromatic heterocycles. The first kappa shape index (κ1) is 12.1. The van der Waals surface area contributed by atoms with E-state index in [1.165, 1.54) is 37.0 Å². The van der Waals surface area contributed by atoms with Gasteiger partial charge in [-0.15, -0.1) is 0 Å². The van der Waals surface area contributed by atoms with Gasteiger partial charge in [0.25, 0.3) is 0 Å². The van der Waals surface area contributed by atoms with Crippen LogP contribution in [0.1, 0.15) is 31.4 Å². The summed E-state index contributed by atoms with van der Waals surface area (Å²) in [5.41, 5.74) is 1.24. The fraction of sp³-hybridized carbons (Fsp3) is 0.500. The largest absolute Gasteiger partial charge is 0.304 e. The minimum absolute atomic E-state index is 0.140. The number of hydrogen-bond acceptors (Lipinski definition) is 2. The molecular weight excluding hydrogens is 246 g/mol. The molecular formula is C14H18FN2P. The van der Waals surface area contributed by atoms with Gasteiger partial charge in [-0.25, -0.2) is 9.14 Å². The second-order valence-corrected chi connectivity index (χ2v) is 5.99. The van der Waals surface area contributed by atoms with Crippen LogP contribution < -0.4 is 0 Å². The third-order valence-corrected chi connectivity index (χ3v) is 4.98. The highest BCUT2D eigenvalue weighted by Crippen LogP contribution is 2.36. The van der Waals surface area contributed by atoms with Gasteiger partial charge < -0.3 is 4.90 Å². The lowest BCUT2D eigenvalue weighted by Crippen LogP contribution is -2.32. The number of benzene rings is 1. The predicted octanol–water partition coefficient (Wildman–Crippen LogP) is 3.60. The molecule has 1 aliphatic heterocycles. The van der Waals surface area contributed by atoms with Crippen LogP contribution in [-0.4, -0.2) is 29.3 Å². The van der Waals surface area contributed by atoms with Gasteiger partial charge in [-0.3, -0.25) is 0 Å². The number of fused-ring (bicyclic) bond motifs is 1. The number of hydrogen-bond donors (Lipinski definition) is 0. The van der Waals surface area contributed by atoms with Crippen LogP contribution in [0.2, 0.25) is 0 Å². The average molecular weight is 264 g/mol. The molecule has 96 valence electrons. The molecule has 0 radical (unpaired) electrons. The maximum absolute atomic E-state index is 13.2. The lowest BCUT2D eigenvalue weighted by Gasteiger charge is -2.30. The first-order chi connectivity index (χ1) is 8.78. The second kappa shape index (κ2) is 4.99. The van der Waals surface area contributed by atoms with E-state index in [1.807, 2.05) is 6.07 Å². The van der Waals surface area contributed by atoms with Crippen LogP contribution in [0.5, 0.6) is 0 Å². The van der Waals surface area contributed by atoms with Crippen molar-refractivity contribution in [2.24, 2.45) is 0 Å². The quantitative estimate of drug-likeness (QED) is 0.823. The van der Waals surface area contributed by atoms with E-state index in [9.17, 15) is 4.39 Å². The number of nitrogens with zero attached hydrogens (tertiary/aromatic N) is 2. The normalized spacial score (nSPS) is 19.0. The molecule has 3 rings (SSSR count). The first-order valence-corrected chi connectivity index (χ1v) is 7.58. The van der Waals surface area contributed by atoms with Crippen LogP contribution in [-0.2, 0) is 0 Å². The smallest absolute Gasteiger partial charge is 0.124 e. The Hall–Kier alpha value is -0.920. The van der Waals surface area contributed by atoms with Gasteiger partial charge in [-0.2, -0.15) is 0 Å². The summed E-state index contributed by atoms with van der Waals surface area (Å²) in [6.07, 6.45) is 2.38. The van der Waals surface area contributed by atoms with E-state index in [-0.39, 0.29) is 5.82 Å². The summed E-state index contributed by atoms with van der Waals surface area (Å²) in [6.45, 7) is 5.69. The van der Waals surface area contributed by atoms with Crippen molar-refractivity contribution in [3.63, 3.8) is 0 Å². The first-order valence-electron chi connectivity index (χ1n) is 6.64. The van der Waals surface area contributed by atoms with Gasteiger partial charge in [0.2, 0.25) is 0 Å². The third kappa shape index (κ3) is 2.17. The molecule has 0 saturated carbocycles. The molecule has 1 fully saturated rings. The van der Waals surface area contributed by atoms with Crippen molar-refractivity contribution >= 4 is 18.9 Å². The Labute approximate surface area is 108 Å². The molecule has 1 atom stereocenters. The fourth-order valence-corrected chi connectivity index (χ4v) is 3.93. The SMILES string of the molecule is CCN1CCC(c2n[pH]c3cc(F)ccc23)CC1. The highest BCUT2D eigenvalue weighted by Gasteiger charge is 2.22. The van der Waals surface area contributed by atoms with Gasteiger partial charge in [-0.05, 0) is 59.0 Å². The number of halogens is 1. The van der Waals surface area contributed by atoms with Gasteiger partial charge in [0.15, 0.2) is 0 Å². The minimum atomic E-state index is -0.140. The van der Waals surface area contributed by atoms with Crippen LogP contribution in [0.15, 0.2) is 18.2 Å². The van der Waals surface area contributed by atoms with Crippen molar-refractivity contribution in [2.45, 2.75) is 25.7 Å². The molecule has 0 N–H and O–H groups in total. The molecule has 0 aliphatic carbocycles. The summed E-state index contributed by atoms with van der Waals surface area (Å²) < 4.78 is 17.9. The molecule has 1 aromatic carbocycles. The number of rotatable bonds is 2. The average Bonchev–Trinajstić information content (AvgIpc) is 2.81.